The molecule has 2 rings (SSSR count). The Bertz CT molecular complexity index is 544. The largest absolute Gasteiger partial charge is 0.374 e. The minimum Gasteiger partial charge on any atom is -0.374 e. The first kappa shape index (κ1) is 15.2. The number of carbonyl (C=O) groups excluding carboxylic acids is 2. The summed E-state index contributed by atoms with van der Waals surface area (Å²) in [5.41, 5.74) is 8.63. The number of nitrogens with two attached hydrogens (primary N) is 1. The summed E-state index contributed by atoms with van der Waals surface area (Å²) in [4.78, 5) is 24.8. The molecule has 0 saturated heterocycles. The lowest BCUT2D eigenvalue weighted by atomic mass is 9.99. The van der Waals surface area contributed by atoms with Crippen molar-refractivity contribution in [2.24, 2.45) is 5.73 Å². The van der Waals surface area contributed by atoms with Crippen molar-refractivity contribution in [3.05, 3.63) is 29.3 Å². The predicted octanol–water partition coefficient (Wildman–Crippen LogP) is 0.742. The summed E-state index contributed by atoms with van der Waals surface area (Å²) in [7, 11) is 2.09. The van der Waals surface area contributed by atoms with Crippen molar-refractivity contribution in [1.29, 1.82) is 0 Å². The number of fused-ring (bicyclic) bond motifs is 1. The van der Waals surface area contributed by atoms with Crippen molar-refractivity contribution in [2.75, 3.05) is 18.5 Å². The highest BCUT2D eigenvalue weighted by Crippen LogP contribution is 2.26. The second-order valence-electron chi connectivity index (χ2n) is 5.44. The van der Waals surface area contributed by atoms with Crippen LogP contribution in [0.25, 0.3) is 0 Å². The summed E-state index contributed by atoms with van der Waals surface area (Å²) >= 11 is 0. The topological polar surface area (TPSA) is 87.5 Å². The van der Waals surface area contributed by atoms with Crippen molar-refractivity contribution in [2.45, 2.75) is 32.4 Å². The molecule has 4 N–H and O–H groups in total. The average molecular weight is 290 g/mol. The van der Waals surface area contributed by atoms with E-state index in [1.54, 1.807) is 6.92 Å². The summed E-state index contributed by atoms with van der Waals surface area (Å²) in [5.74, 6) is -0.247. The van der Waals surface area contributed by atoms with Gasteiger partial charge in [-0.05, 0) is 37.0 Å². The maximum atomic E-state index is 11.8. The number of rotatable bonds is 4. The lowest BCUT2D eigenvalue weighted by Gasteiger charge is -2.27. The van der Waals surface area contributed by atoms with Gasteiger partial charge in [-0.3, -0.25) is 4.79 Å². The molecule has 0 unspecified atom stereocenters. The normalized spacial score (nSPS) is 15.0. The third-order valence-corrected chi connectivity index (χ3v) is 3.71. The molecule has 1 atom stereocenters. The molecule has 6 nitrogen and oxygen atoms in total. The van der Waals surface area contributed by atoms with Crippen molar-refractivity contribution in [1.82, 2.24) is 10.6 Å². The number of primary amides is 1. The van der Waals surface area contributed by atoms with Gasteiger partial charge in [-0.15, -0.1) is 0 Å². The second-order valence-corrected chi connectivity index (χ2v) is 5.44. The molecule has 0 aromatic heterocycles. The lowest BCUT2D eigenvalue weighted by molar-refractivity contribution is -0.122. The fourth-order valence-electron chi connectivity index (χ4n) is 2.57. The molecule has 1 aromatic rings. The van der Waals surface area contributed by atoms with E-state index in [9.17, 15) is 9.59 Å². The number of hydrogen-bond donors (Lipinski definition) is 3. The molecule has 0 saturated carbocycles. The van der Waals surface area contributed by atoms with Gasteiger partial charge in [-0.1, -0.05) is 12.1 Å². The predicted molar refractivity (Wildman–Crippen MR) is 82.1 cm³/mol. The quantitative estimate of drug-likeness (QED) is 0.764. The Morgan fingerprint density at radius 3 is 2.90 bits per heavy atom. The first-order chi connectivity index (χ1) is 9.97. The van der Waals surface area contributed by atoms with Crippen molar-refractivity contribution < 1.29 is 9.59 Å². The van der Waals surface area contributed by atoms with Gasteiger partial charge in [0.2, 0.25) is 5.91 Å². The number of aryl methyl sites for hydroxylation is 1. The van der Waals surface area contributed by atoms with Crippen LogP contribution in [0.1, 0.15) is 24.5 Å². The van der Waals surface area contributed by atoms with E-state index in [2.05, 4.69) is 34.7 Å². The molecule has 1 aliphatic rings. The SMILES string of the molecule is C[C@H](NC(N)=O)C(=O)NCc1ccc2c(c1)CCCN2C. The minimum absolute atomic E-state index is 0.247. The first-order valence-electron chi connectivity index (χ1n) is 7.14. The molecule has 0 bridgehead atoms. The molecular weight excluding hydrogens is 268 g/mol. The summed E-state index contributed by atoms with van der Waals surface area (Å²) in [5, 5.41) is 5.15. The number of benzene rings is 1. The summed E-state index contributed by atoms with van der Waals surface area (Å²) in [6.45, 7) is 3.13. The van der Waals surface area contributed by atoms with E-state index < -0.39 is 12.1 Å². The van der Waals surface area contributed by atoms with Gasteiger partial charge in [-0.25, -0.2) is 4.79 Å². The van der Waals surface area contributed by atoms with E-state index in [0.29, 0.717) is 6.54 Å². The number of urea groups is 1. The Morgan fingerprint density at radius 2 is 2.19 bits per heavy atom. The zero-order chi connectivity index (χ0) is 15.4. The molecule has 1 aromatic carbocycles. The molecule has 0 fully saturated rings. The molecule has 1 heterocycles. The minimum atomic E-state index is -0.700. The van der Waals surface area contributed by atoms with Gasteiger partial charge in [0.1, 0.15) is 6.04 Å². The van der Waals surface area contributed by atoms with Gasteiger partial charge in [0.25, 0.3) is 0 Å². The molecule has 0 spiro atoms. The maximum Gasteiger partial charge on any atom is 0.312 e. The maximum absolute atomic E-state index is 11.8. The highest BCUT2D eigenvalue weighted by atomic mass is 16.2. The van der Waals surface area contributed by atoms with Gasteiger partial charge < -0.3 is 21.3 Å². The second kappa shape index (κ2) is 6.47. The number of carbonyl (C=O) groups is 2. The molecule has 21 heavy (non-hydrogen) atoms. The molecule has 3 amide bonds. The van der Waals surface area contributed by atoms with Crippen LogP contribution in [0, 0.1) is 0 Å². The fraction of sp³-hybridized carbons (Fsp3) is 0.467. The molecule has 6 heteroatoms. The number of anilines is 1. The smallest absolute Gasteiger partial charge is 0.312 e. The molecule has 0 aliphatic carbocycles. The van der Waals surface area contributed by atoms with Crippen LogP contribution in [0.3, 0.4) is 0 Å². The number of hydrogen-bond acceptors (Lipinski definition) is 3. The van der Waals surface area contributed by atoms with Gasteiger partial charge >= 0.3 is 6.03 Å². The Morgan fingerprint density at radius 1 is 1.43 bits per heavy atom. The van der Waals surface area contributed by atoms with Crippen LogP contribution in [-0.4, -0.2) is 31.6 Å². The van der Waals surface area contributed by atoms with Crippen LogP contribution < -0.4 is 21.3 Å². The zero-order valence-corrected chi connectivity index (χ0v) is 12.5. The standard InChI is InChI=1S/C15H22N4O2/c1-10(18-15(16)21)14(20)17-9-11-5-6-13-12(8-11)4-3-7-19(13)2/h5-6,8,10H,3-4,7,9H2,1-2H3,(H,17,20)(H3,16,18,21)/t10-/m0/s1. The summed E-state index contributed by atoms with van der Waals surface area (Å²) in [6.07, 6.45) is 2.22. The van der Waals surface area contributed by atoms with Gasteiger partial charge in [-0.2, -0.15) is 0 Å². The zero-order valence-electron chi connectivity index (χ0n) is 12.5. The summed E-state index contributed by atoms with van der Waals surface area (Å²) in [6, 6.07) is 4.92. The van der Waals surface area contributed by atoms with Crippen LogP contribution >= 0.6 is 0 Å². The first-order valence-corrected chi connectivity index (χ1v) is 7.14. The number of amides is 3. The Labute approximate surface area is 124 Å². The molecule has 0 radical (unpaired) electrons. The molecular formula is C15H22N4O2. The van der Waals surface area contributed by atoms with Crippen molar-refractivity contribution in [3.63, 3.8) is 0 Å². The van der Waals surface area contributed by atoms with Gasteiger partial charge in [0.05, 0.1) is 0 Å². The van der Waals surface area contributed by atoms with Crippen LogP contribution in [0.2, 0.25) is 0 Å². The monoisotopic (exact) mass is 290 g/mol. The fourth-order valence-corrected chi connectivity index (χ4v) is 2.57. The van der Waals surface area contributed by atoms with E-state index in [4.69, 9.17) is 5.73 Å². The highest BCUT2D eigenvalue weighted by molar-refractivity contribution is 5.86. The Balaban J connectivity index is 1.95. The van der Waals surface area contributed by atoms with Crippen molar-refractivity contribution >= 4 is 17.6 Å². The Hall–Kier alpha value is -2.24. The van der Waals surface area contributed by atoms with Crippen LogP contribution in [0.4, 0.5) is 10.5 Å². The van der Waals surface area contributed by atoms with E-state index in [1.807, 2.05) is 6.07 Å². The van der Waals surface area contributed by atoms with Crippen molar-refractivity contribution in [3.8, 4) is 0 Å². The van der Waals surface area contributed by atoms with Crippen LogP contribution in [0.15, 0.2) is 18.2 Å². The van der Waals surface area contributed by atoms with Gasteiger partial charge in [0, 0.05) is 25.8 Å². The third-order valence-electron chi connectivity index (χ3n) is 3.71. The molecule has 1 aliphatic heterocycles. The summed E-state index contributed by atoms with van der Waals surface area (Å²) < 4.78 is 0. The van der Waals surface area contributed by atoms with Crippen LogP contribution in [-0.2, 0) is 17.8 Å². The molecule has 114 valence electrons. The highest BCUT2D eigenvalue weighted by Gasteiger charge is 2.15. The van der Waals surface area contributed by atoms with Gasteiger partial charge in [0.15, 0.2) is 0 Å². The number of nitrogens with one attached hydrogen (secondary N) is 2. The number of nitrogens with zero attached hydrogens (tertiary/aromatic N) is 1. The lowest BCUT2D eigenvalue weighted by Crippen LogP contribution is -2.46. The van der Waals surface area contributed by atoms with Crippen LogP contribution in [0.5, 0.6) is 0 Å². The van der Waals surface area contributed by atoms with E-state index >= 15 is 0 Å². The van der Waals surface area contributed by atoms with E-state index in [-0.39, 0.29) is 5.91 Å². The third kappa shape index (κ3) is 3.87. The average Bonchev–Trinajstić information content (AvgIpc) is 2.44. The van der Waals surface area contributed by atoms with E-state index in [1.165, 1.54) is 11.3 Å². The van der Waals surface area contributed by atoms with E-state index in [0.717, 1.165) is 24.9 Å². The Kier molecular flexibility index (Phi) is 4.67.